The summed E-state index contributed by atoms with van der Waals surface area (Å²) in [6.45, 7) is 6.33. The number of anilines is 2. The fourth-order valence-corrected chi connectivity index (χ4v) is 5.44. The molecule has 1 saturated heterocycles. The number of H-pyrrole nitrogens is 1. The largest absolute Gasteiger partial charge is 0.431 e. The number of benzene rings is 1. The van der Waals surface area contributed by atoms with E-state index in [0.29, 0.717) is 46.9 Å². The number of hydrogen-bond donors (Lipinski definition) is 2. The van der Waals surface area contributed by atoms with E-state index in [9.17, 15) is 9.18 Å². The number of aromatic nitrogens is 6. The molecule has 1 aliphatic rings. The van der Waals surface area contributed by atoms with E-state index in [1.165, 1.54) is 35.9 Å². The second kappa shape index (κ2) is 11.0. The van der Waals surface area contributed by atoms with Gasteiger partial charge in [0.2, 0.25) is 5.91 Å². The van der Waals surface area contributed by atoms with Crippen LogP contribution in [0.4, 0.5) is 20.3 Å². The van der Waals surface area contributed by atoms with Crippen LogP contribution in [0.2, 0.25) is 0 Å². The number of piperidine rings is 1. The Kier molecular flexibility index (Phi) is 7.10. The number of carbonyl (C=O) groups is 1. The average molecular weight is 575 g/mol. The number of likely N-dealkylation sites (tertiary alicyclic amines) is 1. The second-order valence-electron chi connectivity index (χ2n) is 9.52. The zero-order chi connectivity index (χ0) is 28.5. The summed E-state index contributed by atoms with van der Waals surface area (Å²) in [7, 11) is 0. The molecular formula is C28H24F2N8O2S. The van der Waals surface area contributed by atoms with Crippen LogP contribution >= 0.6 is 11.3 Å². The molecule has 208 valence electrons. The van der Waals surface area contributed by atoms with Crippen LogP contribution in [0.25, 0.3) is 22.3 Å². The van der Waals surface area contributed by atoms with Crippen LogP contribution in [0.15, 0.2) is 54.8 Å². The highest BCUT2D eigenvalue weighted by Gasteiger charge is 2.27. The minimum absolute atomic E-state index is 0.0835. The van der Waals surface area contributed by atoms with Gasteiger partial charge in [-0.2, -0.15) is 5.10 Å². The van der Waals surface area contributed by atoms with E-state index in [1.54, 1.807) is 35.5 Å². The zero-order valence-electron chi connectivity index (χ0n) is 21.9. The minimum Gasteiger partial charge on any atom is -0.431 e. The molecule has 1 aliphatic heterocycles. The van der Waals surface area contributed by atoms with E-state index in [2.05, 4.69) is 42.0 Å². The summed E-state index contributed by atoms with van der Waals surface area (Å²) in [6, 6.07) is 5.77. The van der Waals surface area contributed by atoms with Gasteiger partial charge in [-0.25, -0.2) is 23.7 Å². The molecule has 5 heterocycles. The number of hydrogen-bond acceptors (Lipinski definition) is 9. The third-order valence-electron chi connectivity index (χ3n) is 6.96. The van der Waals surface area contributed by atoms with E-state index in [-0.39, 0.29) is 28.5 Å². The normalized spacial score (nSPS) is 13.9. The number of aromatic amines is 1. The van der Waals surface area contributed by atoms with Gasteiger partial charge >= 0.3 is 0 Å². The van der Waals surface area contributed by atoms with Crippen LogP contribution in [0.3, 0.4) is 0 Å². The van der Waals surface area contributed by atoms with Gasteiger partial charge in [-0.15, -0.1) is 0 Å². The van der Waals surface area contributed by atoms with Crippen molar-refractivity contribution in [1.29, 1.82) is 0 Å². The molecule has 41 heavy (non-hydrogen) atoms. The Morgan fingerprint density at radius 3 is 2.78 bits per heavy atom. The molecule has 0 aliphatic carbocycles. The van der Waals surface area contributed by atoms with Gasteiger partial charge in [0, 0.05) is 42.2 Å². The minimum atomic E-state index is -0.558. The predicted octanol–water partition coefficient (Wildman–Crippen LogP) is 5.89. The summed E-state index contributed by atoms with van der Waals surface area (Å²) in [4.78, 5) is 30.8. The van der Waals surface area contributed by atoms with Gasteiger partial charge in [0.1, 0.15) is 29.5 Å². The van der Waals surface area contributed by atoms with Gasteiger partial charge in [0.15, 0.2) is 5.65 Å². The molecule has 0 saturated carbocycles. The van der Waals surface area contributed by atoms with E-state index >= 15 is 4.39 Å². The van der Waals surface area contributed by atoms with Gasteiger partial charge in [-0.3, -0.25) is 14.9 Å². The van der Waals surface area contributed by atoms with E-state index in [4.69, 9.17) is 4.74 Å². The van der Waals surface area contributed by atoms with E-state index in [1.807, 2.05) is 0 Å². The van der Waals surface area contributed by atoms with Crippen molar-refractivity contribution in [2.75, 3.05) is 18.4 Å². The van der Waals surface area contributed by atoms with Crippen LogP contribution in [0.5, 0.6) is 10.9 Å². The molecule has 10 nitrogen and oxygen atoms in total. The van der Waals surface area contributed by atoms with Crippen molar-refractivity contribution >= 4 is 39.8 Å². The first-order valence-corrected chi connectivity index (χ1v) is 13.7. The SMILES string of the molecule is C=CC(=O)N1CCC(c2n[nH]c3ncnc(Nc4ccc(Oc5nc(-c6cnc(C)c(F)c6)cs5)cc4F)c23)CC1. The maximum absolute atomic E-state index is 15.2. The van der Waals surface area contributed by atoms with Crippen molar-refractivity contribution in [3.8, 4) is 22.2 Å². The number of nitrogens with one attached hydrogen (secondary N) is 2. The molecule has 5 aromatic rings. The Hall–Kier alpha value is -4.78. The van der Waals surface area contributed by atoms with E-state index < -0.39 is 11.6 Å². The van der Waals surface area contributed by atoms with E-state index in [0.717, 1.165) is 18.5 Å². The number of nitrogens with zero attached hydrogens (tertiary/aromatic N) is 6. The maximum atomic E-state index is 15.2. The molecule has 1 aromatic carbocycles. The van der Waals surface area contributed by atoms with Gasteiger partial charge in [-0.05, 0) is 44.0 Å². The Labute approximate surface area is 237 Å². The lowest BCUT2D eigenvalue weighted by atomic mass is 9.92. The van der Waals surface area contributed by atoms with Crippen molar-refractivity contribution < 1.29 is 18.3 Å². The number of amides is 1. The number of aryl methyl sites for hydroxylation is 1. The second-order valence-corrected chi connectivity index (χ2v) is 10.3. The number of halogens is 2. The van der Waals surface area contributed by atoms with Gasteiger partial charge in [-0.1, -0.05) is 17.9 Å². The Morgan fingerprint density at radius 2 is 2.02 bits per heavy atom. The van der Waals surface area contributed by atoms with Crippen molar-refractivity contribution in [2.24, 2.45) is 0 Å². The highest BCUT2D eigenvalue weighted by atomic mass is 32.1. The third kappa shape index (κ3) is 5.35. The van der Waals surface area contributed by atoms with Crippen LogP contribution in [-0.4, -0.2) is 54.0 Å². The first kappa shape index (κ1) is 26.4. The zero-order valence-corrected chi connectivity index (χ0v) is 22.7. The predicted molar refractivity (Wildman–Crippen MR) is 150 cm³/mol. The molecule has 13 heteroatoms. The van der Waals surface area contributed by atoms with Crippen molar-refractivity contribution in [3.63, 3.8) is 0 Å². The summed E-state index contributed by atoms with van der Waals surface area (Å²) in [6.07, 6.45) is 5.69. The molecule has 0 bridgehead atoms. The number of pyridine rings is 1. The van der Waals surface area contributed by atoms with Crippen LogP contribution in [0.1, 0.15) is 30.1 Å². The lowest BCUT2D eigenvalue weighted by Gasteiger charge is -2.30. The summed E-state index contributed by atoms with van der Waals surface area (Å²) in [5.74, 6) is -0.313. The van der Waals surface area contributed by atoms with Crippen LogP contribution in [0, 0.1) is 18.6 Å². The standard InChI is InChI=1S/C28H24F2N8O2S/c1-3-23(39)38-8-6-16(7-9-38)25-24-26(32-14-33-27(24)37-36-25)34-21-5-4-18(11-20(21)30)40-28-35-22(13-41-28)17-10-19(29)15(2)31-12-17/h3-5,10-14,16H,1,6-9H2,2H3,(H2,32,33,34,36,37). The highest BCUT2D eigenvalue weighted by molar-refractivity contribution is 7.11. The smallest absolute Gasteiger partial charge is 0.279 e. The summed E-state index contributed by atoms with van der Waals surface area (Å²) < 4.78 is 34.9. The average Bonchev–Trinajstić information content (AvgIpc) is 3.64. The molecule has 1 amide bonds. The fraction of sp³-hybridized carbons (Fsp3) is 0.214. The van der Waals surface area contributed by atoms with Gasteiger partial charge < -0.3 is 15.0 Å². The van der Waals surface area contributed by atoms with Crippen molar-refractivity contribution in [3.05, 3.63) is 77.8 Å². The van der Waals surface area contributed by atoms with Crippen molar-refractivity contribution in [2.45, 2.75) is 25.7 Å². The molecule has 6 rings (SSSR count). The first-order chi connectivity index (χ1) is 19.9. The van der Waals surface area contributed by atoms with Crippen LogP contribution in [-0.2, 0) is 4.79 Å². The molecule has 2 N–H and O–H groups in total. The number of fused-ring (bicyclic) bond motifs is 1. The summed E-state index contributed by atoms with van der Waals surface area (Å²) in [5.41, 5.74) is 2.84. The summed E-state index contributed by atoms with van der Waals surface area (Å²) >= 11 is 1.21. The molecule has 4 aromatic heterocycles. The number of ether oxygens (including phenoxy) is 1. The maximum Gasteiger partial charge on any atom is 0.279 e. The summed E-state index contributed by atoms with van der Waals surface area (Å²) in [5, 5.41) is 13.2. The first-order valence-electron chi connectivity index (χ1n) is 12.8. The number of carbonyl (C=O) groups excluding carboxylic acids is 1. The third-order valence-corrected chi connectivity index (χ3v) is 7.67. The molecular weight excluding hydrogens is 550 g/mol. The number of thiazole rings is 1. The lowest BCUT2D eigenvalue weighted by Crippen LogP contribution is -2.36. The van der Waals surface area contributed by atoms with Crippen molar-refractivity contribution in [1.82, 2.24) is 35.0 Å². The molecule has 0 spiro atoms. The molecule has 0 radical (unpaired) electrons. The topological polar surface area (TPSA) is 122 Å². The van der Waals surface area contributed by atoms with Gasteiger partial charge in [0.05, 0.1) is 28.2 Å². The molecule has 0 atom stereocenters. The number of rotatable bonds is 7. The quantitative estimate of drug-likeness (QED) is 0.231. The monoisotopic (exact) mass is 574 g/mol. The van der Waals surface area contributed by atoms with Crippen LogP contribution < -0.4 is 10.1 Å². The molecule has 1 fully saturated rings. The molecule has 0 unspecified atom stereocenters. The van der Waals surface area contributed by atoms with Gasteiger partial charge in [0.25, 0.3) is 5.19 Å². The Morgan fingerprint density at radius 1 is 1.20 bits per heavy atom. The Bertz CT molecular complexity index is 1760. The fourth-order valence-electron chi connectivity index (χ4n) is 4.75. The highest BCUT2D eigenvalue weighted by Crippen LogP contribution is 2.36. The Balaban J connectivity index is 1.19. The lowest BCUT2D eigenvalue weighted by molar-refractivity contribution is -0.127.